The van der Waals surface area contributed by atoms with Gasteiger partial charge in [-0.3, -0.25) is 4.79 Å². The number of rotatable bonds is 4. The number of carbonyl (C=O) groups excluding carboxylic acids is 2. The number of carbonyl (C=O) groups is 2. The Morgan fingerprint density at radius 1 is 1.28 bits per heavy atom. The number of nitrogens with one attached hydrogen (secondary N) is 1. The molecule has 1 aromatic heterocycles. The lowest BCUT2D eigenvalue weighted by Crippen LogP contribution is -2.46. The lowest BCUT2D eigenvalue weighted by Gasteiger charge is -2.31. The van der Waals surface area contributed by atoms with Crippen molar-refractivity contribution < 1.29 is 14.3 Å². The Hall–Kier alpha value is -2.83. The molecule has 132 valence electrons. The van der Waals surface area contributed by atoms with Crippen molar-refractivity contribution in [2.45, 2.75) is 25.8 Å². The fraction of sp³-hybridized carbons (Fsp3) is 0.389. The van der Waals surface area contributed by atoms with Crippen LogP contribution in [0.4, 0.5) is 4.79 Å². The van der Waals surface area contributed by atoms with Gasteiger partial charge in [-0.1, -0.05) is 6.07 Å². The van der Waals surface area contributed by atoms with Crippen LogP contribution in [-0.2, 0) is 4.74 Å². The van der Waals surface area contributed by atoms with Gasteiger partial charge in [0.05, 0.1) is 12.3 Å². The molecule has 1 aliphatic heterocycles. The number of benzene rings is 1. The lowest BCUT2D eigenvalue weighted by atomic mass is 10.0. The van der Waals surface area contributed by atoms with E-state index in [1.165, 1.54) is 0 Å². The monoisotopic (exact) mass is 342 g/mol. The number of hydrogen-bond donors (Lipinski definition) is 1. The number of amides is 2. The van der Waals surface area contributed by atoms with Crippen molar-refractivity contribution in [1.29, 1.82) is 0 Å². The van der Waals surface area contributed by atoms with Crippen LogP contribution in [-0.4, -0.2) is 52.4 Å². The first kappa shape index (κ1) is 17.0. The Morgan fingerprint density at radius 2 is 2.08 bits per heavy atom. The molecule has 3 rings (SSSR count). The van der Waals surface area contributed by atoms with Gasteiger partial charge in [0.2, 0.25) is 0 Å². The van der Waals surface area contributed by atoms with E-state index in [4.69, 9.17) is 4.74 Å². The predicted molar refractivity (Wildman–Crippen MR) is 92.6 cm³/mol. The molecular weight excluding hydrogens is 320 g/mol. The van der Waals surface area contributed by atoms with Gasteiger partial charge < -0.3 is 15.0 Å². The van der Waals surface area contributed by atoms with Crippen LogP contribution in [0, 0.1) is 0 Å². The summed E-state index contributed by atoms with van der Waals surface area (Å²) in [6.45, 7) is 3.36. The number of likely N-dealkylation sites (tertiary alicyclic amines) is 1. The smallest absolute Gasteiger partial charge is 0.409 e. The molecule has 0 bridgehead atoms. The summed E-state index contributed by atoms with van der Waals surface area (Å²) in [6, 6.07) is 9.25. The fourth-order valence-corrected chi connectivity index (χ4v) is 2.90. The molecule has 0 aliphatic carbocycles. The van der Waals surface area contributed by atoms with E-state index >= 15 is 0 Å². The molecule has 0 unspecified atom stereocenters. The van der Waals surface area contributed by atoms with Gasteiger partial charge in [0.1, 0.15) is 0 Å². The fourth-order valence-electron chi connectivity index (χ4n) is 2.90. The van der Waals surface area contributed by atoms with Crippen molar-refractivity contribution in [3.63, 3.8) is 0 Å². The third kappa shape index (κ3) is 4.17. The second kappa shape index (κ2) is 7.83. The molecule has 1 N–H and O–H groups in total. The quantitative estimate of drug-likeness (QED) is 0.924. The second-order valence-electron chi connectivity index (χ2n) is 5.93. The summed E-state index contributed by atoms with van der Waals surface area (Å²) in [5, 5.41) is 7.23. The van der Waals surface area contributed by atoms with Gasteiger partial charge in [-0.05, 0) is 44.0 Å². The van der Waals surface area contributed by atoms with Gasteiger partial charge in [-0.2, -0.15) is 5.10 Å². The molecule has 2 amide bonds. The Labute approximate surface area is 146 Å². The molecule has 25 heavy (non-hydrogen) atoms. The maximum Gasteiger partial charge on any atom is 0.409 e. The zero-order valence-electron chi connectivity index (χ0n) is 14.2. The van der Waals surface area contributed by atoms with Crippen LogP contribution in [0.3, 0.4) is 0 Å². The highest BCUT2D eigenvalue weighted by molar-refractivity contribution is 5.94. The van der Waals surface area contributed by atoms with E-state index in [1.54, 1.807) is 28.8 Å². The largest absolute Gasteiger partial charge is 0.450 e. The summed E-state index contributed by atoms with van der Waals surface area (Å²) >= 11 is 0. The highest BCUT2D eigenvalue weighted by Crippen LogP contribution is 2.14. The number of hydrogen-bond acceptors (Lipinski definition) is 4. The maximum atomic E-state index is 12.5. The lowest BCUT2D eigenvalue weighted by molar-refractivity contribution is 0.0860. The zero-order valence-corrected chi connectivity index (χ0v) is 14.2. The SMILES string of the molecule is CCOC(=O)N1CCC(NC(=O)c2cccc(-n3cccn3)c2)CC1. The number of nitrogens with zero attached hydrogens (tertiary/aromatic N) is 3. The molecule has 2 aromatic rings. The van der Waals surface area contributed by atoms with Gasteiger partial charge in [0, 0.05) is 37.1 Å². The van der Waals surface area contributed by atoms with Crippen LogP contribution in [0.1, 0.15) is 30.1 Å². The molecule has 0 saturated carbocycles. The number of aromatic nitrogens is 2. The first-order valence-electron chi connectivity index (χ1n) is 8.50. The topological polar surface area (TPSA) is 76.5 Å². The Bertz CT molecular complexity index is 722. The van der Waals surface area contributed by atoms with Crippen LogP contribution in [0.2, 0.25) is 0 Å². The first-order chi connectivity index (χ1) is 12.2. The summed E-state index contributed by atoms with van der Waals surface area (Å²) in [5.41, 5.74) is 1.44. The van der Waals surface area contributed by atoms with Crippen LogP contribution < -0.4 is 5.32 Å². The van der Waals surface area contributed by atoms with E-state index < -0.39 is 0 Å². The Balaban J connectivity index is 1.57. The first-order valence-corrected chi connectivity index (χ1v) is 8.50. The summed E-state index contributed by atoms with van der Waals surface area (Å²) in [7, 11) is 0. The van der Waals surface area contributed by atoms with Crippen LogP contribution in [0.15, 0.2) is 42.7 Å². The molecule has 1 fully saturated rings. The predicted octanol–water partition coefficient (Wildman–Crippen LogP) is 2.22. The normalized spacial score (nSPS) is 15.0. The summed E-state index contributed by atoms with van der Waals surface area (Å²) in [4.78, 5) is 25.9. The third-order valence-corrected chi connectivity index (χ3v) is 4.23. The van der Waals surface area contributed by atoms with Gasteiger partial charge in [0.25, 0.3) is 5.91 Å². The average Bonchev–Trinajstić information content (AvgIpc) is 3.17. The summed E-state index contributed by atoms with van der Waals surface area (Å²) in [5.74, 6) is -0.108. The number of ether oxygens (including phenoxy) is 1. The van der Waals surface area contributed by atoms with Gasteiger partial charge in [0.15, 0.2) is 0 Å². The molecule has 1 saturated heterocycles. The molecule has 0 radical (unpaired) electrons. The number of piperidine rings is 1. The molecule has 0 atom stereocenters. The highest BCUT2D eigenvalue weighted by atomic mass is 16.6. The molecule has 1 aliphatic rings. The van der Waals surface area contributed by atoms with Crippen molar-refractivity contribution in [2.75, 3.05) is 19.7 Å². The summed E-state index contributed by atoms with van der Waals surface area (Å²) < 4.78 is 6.72. The van der Waals surface area contributed by atoms with E-state index in [0.717, 1.165) is 18.5 Å². The van der Waals surface area contributed by atoms with Gasteiger partial charge in [-0.15, -0.1) is 0 Å². The molecule has 2 heterocycles. The van der Waals surface area contributed by atoms with Crippen molar-refractivity contribution in [1.82, 2.24) is 20.0 Å². The van der Waals surface area contributed by atoms with Crippen molar-refractivity contribution in [3.05, 3.63) is 48.3 Å². The second-order valence-corrected chi connectivity index (χ2v) is 5.93. The molecule has 1 aromatic carbocycles. The Morgan fingerprint density at radius 3 is 2.76 bits per heavy atom. The highest BCUT2D eigenvalue weighted by Gasteiger charge is 2.24. The van der Waals surface area contributed by atoms with Crippen LogP contribution in [0.5, 0.6) is 0 Å². The van der Waals surface area contributed by atoms with Crippen LogP contribution >= 0.6 is 0 Å². The Kier molecular flexibility index (Phi) is 5.33. The zero-order chi connectivity index (χ0) is 17.6. The average molecular weight is 342 g/mol. The van der Waals surface area contributed by atoms with Crippen molar-refractivity contribution >= 4 is 12.0 Å². The van der Waals surface area contributed by atoms with E-state index in [0.29, 0.717) is 25.3 Å². The maximum absolute atomic E-state index is 12.5. The van der Waals surface area contributed by atoms with Gasteiger partial charge in [-0.25, -0.2) is 9.48 Å². The molecule has 0 spiro atoms. The van der Waals surface area contributed by atoms with Crippen molar-refractivity contribution in [3.8, 4) is 5.69 Å². The minimum Gasteiger partial charge on any atom is -0.450 e. The van der Waals surface area contributed by atoms with E-state index in [2.05, 4.69) is 10.4 Å². The molecule has 7 heteroatoms. The minimum atomic E-state index is -0.279. The molecular formula is C18H22N4O3. The van der Waals surface area contributed by atoms with Crippen molar-refractivity contribution in [2.24, 2.45) is 0 Å². The van der Waals surface area contributed by atoms with E-state index in [9.17, 15) is 9.59 Å². The van der Waals surface area contributed by atoms with Gasteiger partial charge >= 0.3 is 6.09 Å². The third-order valence-electron chi connectivity index (χ3n) is 4.23. The summed E-state index contributed by atoms with van der Waals surface area (Å²) in [6.07, 6.45) is 4.71. The van der Waals surface area contributed by atoms with E-state index in [-0.39, 0.29) is 18.0 Å². The molecule has 7 nitrogen and oxygen atoms in total. The minimum absolute atomic E-state index is 0.0616. The van der Waals surface area contributed by atoms with E-state index in [1.807, 2.05) is 30.5 Å². The van der Waals surface area contributed by atoms with Crippen LogP contribution in [0.25, 0.3) is 5.69 Å². The standard InChI is InChI=1S/C18H22N4O3/c1-2-25-18(24)21-11-7-15(8-12-21)20-17(23)14-5-3-6-16(13-14)22-10-4-9-19-22/h3-6,9-10,13,15H,2,7-8,11-12H2,1H3,(H,20,23).